The molecule has 6 aromatic rings. The van der Waals surface area contributed by atoms with E-state index in [1.165, 1.54) is 88.3 Å². The fourth-order valence-corrected chi connectivity index (χ4v) is 16.8. The number of hydrogen-bond donors (Lipinski definition) is 0. The van der Waals surface area contributed by atoms with Crippen LogP contribution in [-0.4, -0.2) is 8.07 Å². The molecule has 240 valence electrons. The van der Waals surface area contributed by atoms with Crippen molar-refractivity contribution in [2.75, 3.05) is 0 Å². The first-order valence-corrected chi connectivity index (χ1v) is 21.7. The molecule has 0 saturated heterocycles. The molecule has 4 aliphatic rings. The maximum absolute atomic E-state index is 7.52. The van der Waals surface area contributed by atoms with Crippen LogP contribution in [0, 0.1) is 0 Å². The van der Waals surface area contributed by atoms with Crippen LogP contribution in [0.15, 0.2) is 120 Å². The van der Waals surface area contributed by atoms with Gasteiger partial charge in [-0.1, -0.05) is 145 Å². The van der Waals surface area contributed by atoms with Crippen LogP contribution in [-0.2, 0) is 12.8 Å². The van der Waals surface area contributed by atoms with E-state index in [1.807, 2.05) is 0 Å². The monoisotopic (exact) mass is 688 g/mol. The van der Waals surface area contributed by atoms with Crippen LogP contribution in [0.4, 0.5) is 0 Å². The lowest BCUT2D eigenvalue weighted by molar-refractivity contribution is 0.841. The lowest BCUT2D eigenvalue weighted by atomic mass is 9.87. The second-order valence-electron chi connectivity index (χ2n) is 15.5. The minimum absolute atomic E-state index is 0.304. The molecule has 49 heavy (non-hydrogen) atoms. The molecular weight excluding hydrogens is 651 g/mol. The molecule has 4 aliphatic carbocycles. The van der Waals surface area contributed by atoms with E-state index >= 15 is 0 Å². The maximum Gasteiger partial charge on any atom is 0.0723 e. The van der Waals surface area contributed by atoms with Gasteiger partial charge in [0.05, 0.1) is 8.07 Å². The van der Waals surface area contributed by atoms with Gasteiger partial charge in [-0.2, -0.15) is 0 Å². The van der Waals surface area contributed by atoms with Crippen molar-refractivity contribution in [2.45, 2.75) is 62.7 Å². The summed E-state index contributed by atoms with van der Waals surface area (Å²) in [7, 11) is -2.18. The Morgan fingerprint density at radius 2 is 0.816 bits per heavy atom. The van der Waals surface area contributed by atoms with E-state index in [9.17, 15) is 0 Å². The quantitative estimate of drug-likeness (QED) is 0.162. The molecule has 3 heteroatoms. The predicted octanol–water partition coefficient (Wildman–Crippen LogP) is 13.0. The molecule has 4 atom stereocenters. The molecule has 0 amide bonds. The molecule has 0 aliphatic heterocycles. The van der Waals surface area contributed by atoms with Crippen LogP contribution in [0.25, 0.3) is 31.6 Å². The van der Waals surface area contributed by atoms with Crippen LogP contribution in [0.5, 0.6) is 0 Å². The van der Waals surface area contributed by atoms with Gasteiger partial charge >= 0.3 is 0 Å². The van der Waals surface area contributed by atoms with Gasteiger partial charge in [-0.25, -0.2) is 0 Å². The smallest absolute Gasteiger partial charge is 0.0723 e. The zero-order chi connectivity index (χ0) is 33.3. The molecule has 0 spiro atoms. The molecule has 0 N–H and O–H groups in total. The van der Waals surface area contributed by atoms with E-state index < -0.39 is 8.07 Å². The molecule has 10 rings (SSSR count). The van der Waals surface area contributed by atoms with Gasteiger partial charge in [-0.3, -0.25) is 0 Å². The van der Waals surface area contributed by atoms with E-state index in [0.29, 0.717) is 22.9 Å². The zero-order valence-corrected chi connectivity index (χ0v) is 30.9. The third kappa shape index (κ3) is 3.99. The summed E-state index contributed by atoms with van der Waals surface area (Å²) in [4.78, 5) is 0. The van der Waals surface area contributed by atoms with Crippen LogP contribution < -0.4 is 0 Å². The zero-order valence-electron chi connectivity index (χ0n) is 28.4. The van der Waals surface area contributed by atoms with Crippen LogP contribution in [0.1, 0.15) is 92.4 Å². The molecular formula is C46H38Cl2Si. The van der Waals surface area contributed by atoms with Crippen molar-refractivity contribution in [3.8, 4) is 0 Å². The lowest BCUT2D eigenvalue weighted by Crippen LogP contribution is -2.42. The Morgan fingerprint density at radius 1 is 0.469 bits per heavy atom. The summed E-state index contributed by atoms with van der Waals surface area (Å²) in [5.41, 5.74) is 17.2. The SMILES string of the molecule is CC1=C(Cl)c2c(C3Cc4cccc5cccc3c45)cccc2C1[Si](C)(C)C1C(C)=C(Cl)c2c(C3Cc4cccc5cccc3c45)cccc21. The summed E-state index contributed by atoms with van der Waals surface area (Å²) >= 11 is 15.0. The van der Waals surface area contributed by atoms with Crippen molar-refractivity contribution in [3.05, 3.63) is 176 Å². The van der Waals surface area contributed by atoms with Gasteiger partial charge < -0.3 is 0 Å². The van der Waals surface area contributed by atoms with Crippen molar-refractivity contribution in [1.82, 2.24) is 0 Å². The highest BCUT2D eigenvalue weighted by Crippen LogP contribution is 2.59. The normalized spacial score (nSPS) is 22.2. The third-order valence-electron chi connectivity index (χ3n) is 12.8. The van der Waals surface area contributed by atoms with Crippen molar-refractivity contribution >= 4 is 62.9 Å². The van der Waals surface area contributed by atoms with Crippen molar-refractivity contribution in [3.63, 3.8) is 0 Å². The highest BCUT2D eigenvalue weighted by molar-refractivity contribution is 6.82. The molecule has 0 bridgehead atoms. The van der Waals surface area contributed by atoms with Crippen LogP contribution >= 0.6 is 23.2 Å². The van der Waals surface area contributed by atoms with Gasteiger partial charge in [0, 0.05) is 44.1 Å². The summed E-state index contributed by atoms with van der Waals surface area (Å²) in [6.45, 7) is 9.79. The summed E-state index contributed by atoms with van der Waals surface area (Å²) in [5, 5.41) is 7.48. The van der Waals surface area contributed by atoms with Crippen LogP contribution in [0.2, 0.25) is 13.1 Å². The number of fused-ring (bicyclic) bond motifs is 2. The fraction of sp³-hybridized carbons (Fsp3) is 0.217. The van der Waals surface area contributed by atoms with Crippen LogP contribution in [0.3, 0.4) is 0 Å². The Balaban J connectivity index is 1.08. The Labute approximate surface area is 300 Å². The standard InChI is InChI=1S/C46H38Cl2Si/c1-25-43(47)41-33(37-23-29-15-5-11-27-13-7-17-31(37)39(27)29)19-9-21-35(41)45(25)49(3,4)46-26(2)44(48)42-34(20-10-22-36(42)46)38-24-30-16-6-12-28-14-8-18-32(38)40(28)30/h5-22,37-38,45-46H,23-24H2,1-4H3. The van der Waals surface area contributed by atoms with E-state index in [2.05, 4.69) is 136 Å². The Hall–Kier alpha value is -3.88. The van der Waals surface area contributed by atoms with Gasteiger partial charge in [0.15, 0.2) is 0 Å². The molecule has 0 saturated carbocycles. The maximum atomic E-state index is 7.52. The van der Waals surface area contributed by atoms with Gasteiger partial charge in [0.25, 0.3) is 0 Å². The molecule has 0 nitrogen and oxygen atoms in total. The average molecular weight is 690 g/mol. The fourth-order valence-electron chi connectivity index (χ4n) is 11.0. The number of hydrogen-bond acceptors (Lipinski definition) is 0. The highest BCUT2D eigenvalue weighted by Gasteiger charge is 2.50. The molecule has 0 radical (unpaired) electrons. The average Bonchev–Trinajstić information content (AvgIpc) is 3.82. The summed E-state index contributed by atoms with van der Waals surface area (Å²) in [5.74, 6) is 0.624. The summed E-state index contributed by atoms with van der Waals surface area (Å²) in [6, 6.07) is 41.2. The van der Waals surface area contributed by atoms with E-state index in [0.717, 1.165) is 22.9 Å². The van der Waals surface area contributed by atoms with Crippen molar-refractivity contribution in [2.24, 2.45) is 0 Å². The first-order valence-electron chi connectivity index (χ1n) is 17.8. The van der Waals surface area contributed by atoms with Crippen molar-refractivity contribution < 1.29 is 0 Å². The largest absolute Gasteiger partial charge is 0.0837 e. The third-order valence-corrected chi connectivity index (χ3v) is 18.2. The molecule has 0 aromatic heterocycles. The molecule has 0 fully saturated rings. The second-order valence-corrected chi connectivity index (χ2v) is 21.1. The van der Waals surface area contributed by atoms with Gasteiger partial charge in [-0.15, -0.1) is 0 Å². The van der Waals surface area contributed by atoms with Crippen molar-refractivity contribution in [1.29, 1.82) is 0 Å². The van der Waals surface area contributed by atoms with Gasteiger partial charge in [0.1, 0.15) is 0 Å². The number of allylic oxidation sites excluding steroid dienone is 2. The second kappa shape index (κ2) is 10.6. The summed E-state index contributed by atoms with van der Waals surface area (Å²) in [6.07, 6.45) is 2.05. The number of benzene rings is 6. The van der Waals surface area contributed by atoms with E-state index in [1.54, 1.807) is 0 Å². The molecule has 4 unspecified atom stereocenters. The Morgan fingerprint density at radius 3 is 1.24 bits per heavy atom. The topological polar surface area (TPSA) is 0 Å². The molecule has 0 heterocycles. The van der Waals surface area contributed by atoms with E-state index in [4.69, 9.17) is 23.2 Å². The van der Waals surface area contributed by atoms with Gasteiger partial charge in [-0.05, 0) is 104 Å². The minimum Gasteiger partial charge on any atom is -0.0837 e. The predicted molar refractivity (Wildman–Crippen MR) is 212 cm³/mol. The Kier molecular flexibility index (Phi) is 6.46. The van der Waals surface area contributed by atoms with E-state index in [-0.39, 0.29) is 0 Å². The lowest BCUT2D eigenvalue weighted by Gasteiger charge is -2.39. The highest BCUT2D eigenvalue weighted by atomic mass is 35.5. The molecule has 6 aromatic carbocycles. The minimum atomic E-state index is -2.18. The first-order chi connectivity index (χ1) is 23.8. The Bertz CT molecular complexity index is 2310. The first kappa shape index (κ1) is 30.0. The number of rotatable bonds is 4. The summed E-state index contributed by atoms with van der Waals surface area (Å²) < 4.78 is 0. The number of halogens is 2. The van der Waals surface area contributed by atoms with Gasteiger partial charge in [0.2, 0.25) is 0 Å².